The number of aromatic nitrogens is 2. The van der Waals surface area contributed by atoms with Crippen LogP contribution in [-0.4, -0.2) is 23.1 Å². The quantitative estimate of drug-likeness (QED) is 0.490. The molecule has 122 valence electrons. The SMILES string of the molecule is CCSc1nc2ccc3c(ccn3S(=O)(=O)c3ccccc3)c2s1. The number of hydrogen-bond donors (Lipinski definition) is 0. The van der Waals surface area contributed by atoms with Crippen molar-refractivity contribution in [3.63, 3.8) is 0 Å². The largest absolute Gasteiger partial charge is 0.268 e. The zero-order valence-corrected chi connectivity index (χ0v) is 15.3. The van der Waals surface area contributed by atoms with Crippen LogP contribution in [0.4, 0.5) is 0 Å². The van der Waals surface area contributed by atoms with Crippen LogP contribution in [0.5, 0.6) is 0 Å². The molecule has 24 heavy (non-hydrogen) atoms. The van der Waals surface area contributed by atoms with Crippen molar-refractivity contribution in [2.75, 3.05) is 5.75 Å². The highest BCUT2D eigenvalue weighted by Gasteiger charge is 2.20. The van der Waals surface area contributed by atoms with E-state index in [0.29, 0.717) is 5.52 Å². The van der Waals surface area contributed by atoms with Crippen molar-refractivity contribution in [3.05, 3.63) is 54.7 Å². The number of thiazole rings is 1. The lowest BCUT2D eigenvalue weighted by molar-refractivity contribution is 0.589. The Hall–Kier alpha value is -1.83. The minimum Gasteiger partial charge on any atom is -0.241 e. The molecule has 0 aliphatic heterocycles. The van der Waals surface area contributed by atoms with Gasteiger partial charge in [-0.2, -0.15) is 0 Å². The third-order valence-corrected chi connectivity index (χ3v) is 7.57. The van der Waals surface area contributed by atoms with Gasteiger partial charge in [-0.05, 0) is 36.1 Å². The van der Waals surface area contributed by atoms with Gasteiger partial charge in [-0.1, -0.05) is 36.9 Å². The Balaban J connectivity index is 1.94. The fraction of sp³-hybridized carbons (Fsp3) is 0.118. The fourth-order valence-electron chi connectivity index (χ4n) is 2.66. The highest BCUT2D eigenvalue weighted by Crippen LogP contribution is 2.35. The van der Waals surface area contributed by atoms with Gasteiger partial charge in [0.1, 0.15) is 0 Å². The number of thioether (sulfide) groups is 1. The molecule has 4 rings (SSSR count). The molecule has 4 nitrogen and oxygen atoms in total. The first-order chi connectivity index (χ1) is 11.6. The van der Waals surface area contributed by atoms with Gasteiger partial charge in [-0.15, -0.1) is 11.3 Å². The van der Waals surface area contributed by atoms with Crippen LogP contribution < -0.4 is 0 Å². The molecule has 0 bridgehead atoms. The molecule has 0 aliphatic rings. The second-order valence-electron chi connectivity index (χ2n) is 5.19. The summed E-state index contributed by atoms with van der Waals surface area (Å²) in [6, 6.07) is 14.1. The molecule has 0 N–H and O–H groups in total. The van der Waals surface area contributed by atoms with E-state index in [1.807, 2.05) is 18.2 Å². The molecule has 0 saturated heterocycles. The average Bonchev–Trinajstić information content (AvgIpc) is 3.19. The maximum atomic E-state index is 12.9. The summed E-state index contributed by atoms with van der Waals surface area (Å²) in [6.07, 6.45) is 1.62. The topological polar surface area (TPSA) is 52.0 Å². The van der Waals surface area contributed by atoms with Gasteiger partial charge in [0, 0.05) is 11.6 Å². The third kappa shape index (κ3) is 2.44. The second-order valence-corrected chi connectivity index (χ2v) is 9.51. The predicted octanol–water partition coefficient (Wildman–Crippen LogP) is 4.60. The van der Waals surface area contributed by atoms with Crippen LogP contribution in [0, 0.1) is 0 Å². The highest BCUT2D eigenvalue weighted by atomic mass is 32.2. The summed E-state index contributed by atoms with van der Waals surface area (Å²) in [5.41, 5.74) is 1.60. The first-order valence-electron chi connectivity index (χ1n) is 7.45. The van der Waals surface area contributed by atoms with Gasteiger partial charge in [-0.3, -0.25) is 0 Å². The number of rotatable bonds is 4. The first-order valence-corrected chi connectivity index (χ1v) is 10.7. The molecular weight excluding hydrogens is 360 g/mol. The molecule has 0 saturated carbocycles. The van der Waals surface area contributed by atoms with Gasteiger partial charge in [0.15, 0.2) is 4.34 Å². The van der Waals surface area contributed by atoms with Crippen molar-refractivity contribution >= 4 is 54.2 Å². The molecule has 4 aromatic rings. The van der Waals surface area contributed by atoms with E-state index in [0.717, 1.165) is 25.7 Å². The number of nitrogens with zero attached hydrogens (tertiary/aromatic N) is 2. The van der Waals surface area contributed by atoms with Crippen LogP contribution in [0.2, 0.25) is 0 Å². The standard InChI is InChI=1S/C17H14N2O2S3/c1-2-22-17-18-14-8-9-15-13(16(14)23-17)10-11-19(15)24(20,21)12-6-4-3-5-7-12/h3-11H,2H2,1H3. The van der Waals surface area contributed by atoms with Crippen molar-refractivity contribution in [1.29, 1.82) is 0 Å². The average molecular weight is 375 g/mol. The zero-order valence-electron chi connectivity index (χ0n) is 12.8. The van der Waals surface area contributed by atoms with Crippen LogP contribution in [-0.2, 0) is 10.0 Å². The van der Waals surface area contributed by atoms with E-state index < -0.39 is 10.0 Å². The van der Waals surface area contributed by atoms with Crippen molar-refractivity contribution in [1.82, 2.24) is 8.96 Å². The first kappa shape index (κ1) is 15.7. The van der Waals surface area contributed by atoms with Gasteiger partial charge >= 0.3 is 0 Å². The minimum atomic E-state index is -3.60. The summed E-state index contributed by atoms with van der Waals surface area (Å²) < 4.78 is 29.2. The Morgan fingerprint density at radius 1 is 1.12 bits per heavy atom. The van der Waals surface area contributed by atoms with Gasteiger partial charge < -0.3 is 0 Å². The Bertz CT molecular complexity index is 1130. The molecule has 0 radical (unpaired) electrons. The monoisotopic (exact) mass is 374 g/mol. The Kier molecular flexibility index (Phi) is 3.86. The molecule has 2 aromatic carbocycles. The van der Waals surface area contributed by atoms with Crippen molar-refractivity contribution in [2.45, 2.75) is 16.2 Å². The van der Waals surface area contributed by atoms with Gasteiger partial charge in [0.05, 0.1) is 20.6 Å². The Morgan fingerprint density at radius 2 is 1.92 bits per heavy atom. The number of benzene rings is 2. The van der Waals surface area contributed by atoms with Crippen LogP contribution >= 0.6 is 23.1 Å². The maximum Gasteiger partial charge on any atom is 0.268 e. The molecule has 2 heterocycles. The predicted molar refractivity (Wildman–Crippen MR) is 101 cm³/mol. The van der Waals surface area contributed by atoms with Crippen molar-refractivity contribution in [3.8, 4) is 0 Å². The molecule has 7 heteroatoms. The second kappa shape index (κ2) is 5.91. The molecular formula is C17H14N2O2S3. The fourth-order valence-corrected chi connectivity index (χ4v) is 6.09. The summed E-state index contributed by atoms with van der Waals surface area (Å²) in [7, 11) is -3.60. The Morgan fingerprint density at radius 3 is 2.67 bits per heavy atom. The van der Waals surface area contributed by atoms with E-state index in [2.05, 4.69) is 11.9 Å². The highest BCUT2D eigenvalue weighted by molar-refractivity contribution is 8.01. The summed E-state index contributed by atoms with van der Waals surface area (Å²) in [5, 5.41) is 0.924. The normalized spacial score (nSPS) is 12.2. The molecule has 0 unspecified atom stereocenters. The summed E-state index contributed by atoms with van der Waals surface area (Å²) >= 11 is 3.32. The number of fused-ring (bicyclic) bond motifs is 3. The summed E-state index contributed by atoms with van der Waals surface area (Å²) in [6.45, 7) is 2.09. The lowest BCUT2D eigenvalue weighted by atomic mass is 10.2. The third-order valence-electron chi connectivity index (χ3n) is 3.74. The van der Waals surface area contributed by atoms with E-state index in [1.165, 1.54) is 3.97 Å². The van der Waals surface area contributed by atoms with Crippen LogP contribution in [0.25, 0.3) is 21.1 Å². The van der Waals surface area contributed by atoms with Crippen LogP contribution in [0.1, 0.15) is 6.92 Å². The van der Waals surface area contributed by atoms with Gasteiger partial charge in [0.25, 0.3) is 10.0 Å². The molecule has 0 fully saturated rings. The van der Waals surface area contributed by atoms with E-state index in [-0.39, 0.29) is 4.90 Å². The van der Waals surface area contributed by atoms with Gasteiger partial charge in [0.2, 0.25) is 0 Å². The number of hydrogen-bond acceptors (Lipinski definition) is 5. The van der Waals surface area contributed by atoms with E-state index in [9.17, 15) is 8.42 Å². The molecule has 2 aromatic heterocycles. The van der Waals surface area contributed by atoms with Gasteiger partial charge in [-0.25, -0.2) is 17.4 Å². The molecule has 0 atom stereocenters. The van der Waals surface area contributed by atoms with Crippen molar-refractivity contribution in [2.24, 2.45) is 0 Å². The lowest BCUT2D eigenvalue weighted by Crippen LogP contribution is -2.11. The smallest absolute Gasteiger partial charge is 0.241 e. The van der Waals surface area contributed by atoms with Crippen molar-refractivity contribution < 1.29 is 8.42 Å². The molecule has 0 spiro atoms. The molecule has 0 amide bonds. The van der Waals surface area contributed by atoms with Crippen LogP contribution in [0.15, 0.2) is 64.0 Å². The maximum absolute atomic E-state index is 12.9. The Labute approximate surface area is 148 Å². The van der Waals surface area contributed by atoms with E-state index in [4.69, 9.17) is 0 Å². The lowest BCUT2D eigenvalue weighted by Gasteiger charge is -2.07. The summed E-state index contributed by atoms with van der Waals surface area (Å²) in [5.74, 6) is 0.965. The minimum absolute atomic E-state index is 0.286. The van der Waals surface area contributed by atoms with E-state index in [1.54, 1.807) is 59.6 Å². The van der Waals surface area contributed by atoms with E-state index >= 15 is 0 Å². The molecule has 0 aliphatic carbocycles. The van der Waals surface area contributed by atoms with Crippen LogP contribution in [0.3, 0.4) is 0 Å². The zero-order chi connectivity index (χ0) is 16.7. The summed E-state index contributed by atoms with van der Waals surface area (Å²) in [4.78, 5) is 4.89.